The molecule has 5 heteroatoms. The van der Waals surface area contributed by atoms with Crippen molar-refractivity contribution in [2.45, 2.75) is 18.9 Å². The Morgan fingerprint density at radius 2 is 1.83 bits per heavy atom. The predicted octanol–water partition coefficient (Wildman–Crippen LogP) is 3.49. The Morgan fingerprint density at radius 1 is 1.08 bits per heavy atom. The largest absolute Gasteiger partial charge is 0.497 e. The van der Waals surface area contributed by atoms with Crippen LogP contribution >= 0.6 is 0 Å². The maximum Gasteiger partial charge on any atom is 0.319 e. The molecule has 0 radical (unpaired) electrons. The van der Waals surface area contributed by atoms with Crippen LogP contribution in [0.1, 0.15) is 12.8 Å². The minimum atomic E-state index is -0.165. The number of amides is 2. The first-order valence-electron chi connectivity index (χ1n) is 8.26. The number of nitrogens with zero attached hydrogens (tertiary/aromatic N) is 1. The fourth-order valence-electron chi connectivity index (χ4n) is 2.97. The van der Waals surface area contributed by atoms with Crippen molar-refractivity contribution >= 4 is 17.4 Å². The van der Waals surface area contributed by atoms with Gasteiger partial charge >= 0.3 is 6.03 Å². The normalized spacial score (nSPS) is 15.0. The number of hydrogen-bond donors (Lipinski definition) is 2. The standard InChI is InChI=1S/C19H23N3O2/c1-24-18-9-5-6-16(14-18)21-19(23)20-15-10-12-22(13-11-15)17-7-3-2-4-8-17/h2-9,14-15H,10-13H2,1H3,(H2,20,21,23). The number of ether oxygens (including phenoxy) is 1. The smallest absolute Gasteiger partial charge is 0.319 e. The van der Waals surface area contributed by atoms with Gasteiger partial charge in [0.1, 0.15) is 5.75 Å². The lowest BCUT2D eigenvalue weighted by Gasteiger charge is -2.33. The summed E-state index contributed by atoms with van der Waals surface area (Å²) in [4.78, 5) is 14.5. The van der Waals surface area contributed by atoms with Crippen molar-refractivity contribution in [3.8, 4) is 5.75 Å². The van der Waals surface area contributed by atoms with Crippen molar-refractivity contribution in [1.29, 1.82) is 0 Å². The van der Waals surface area contributed by atoms with E-state index in [0.717, 1.165) is 37.4 Å². The van der Waals surface area contributed by atoms with Crippen LogP contribution in [0.2, 0.25) is 0 Å². The number of piperidine rings is 1. The molecule has 1 heterocycles. The molecule has 126 valence electrons. The third-order valence-corrected chi connectivity index (χ3v) is 4.28. The van der Waals surface area contributed by atoms with Gasteiger partial charge in [0.15, 0.2) is 0 Å². The highest BCUT2D eigenvalue weighted by Gasteiger charge is 2.20. The highest BCUT2D eigenvalue weighted by molar-refractivity contribution is 5.89. The lowest BCUT2D eigenvalue weighted by molar-refractivity contribution is 0.246. The monoisotopic (exact) mass is 325 g/mol. The number of hydrogen-bond acceptors (Lipinski definition) is 3. The van der Waals surface area contributed by atoms with Crippen molar-refractivity contribution in [2.24, 2.45) is 0 Å². The molecule has 2 aromatic rings. The van der Waals surface area contributed by atoms with Crippen LogP contribution in [0, 0.1) is 0 Å². The van der Waals surface area contributed by atoms with E-state index >= 15 is 0 Å². The molecule has 24 heavy (non-hydrogen) atoms. The Kier molecular flexibility index (Phi) is 5.21. The summed E-state index contributed by atoms with van der Waals surface area (Å²) in [6, 6.07) is 17.8. The van der Waals surface area contributed by atoms with Gasteiger partial charge in [-0.25, -0.2) is 4.79 Å². The number of urea groups is 1. The highest BCUT2D eigenvalue weighted by atomic mass is 16.5. The van der Waals surface area contributed by atoms with Crippen molar-refractivity contribution < 1.29 is 9.53 Å². The Bertz CT molecular complexity index is 667. The molecule has 0 spiro atoms. The van der Waals surface area contributed by atoms with E-state index in [1.807, 2.05) is 24.3 Å². The summed E-state index contributed by atoms with van der Waals surface area (Å²) >= 11 is 0. The zero-order valence-corrected chi connectivity index (χ0v) is 13.9. The van der Waals surface area contributed by atoms with Crippen LogP contribution in [0.5, 0.6) is 5.75 Å². The first-order chi connectivity index (χ1) is 11.7. The van der Waals surface area contributed by atoms with Gasteiger partial charge in [0.2, 0.25) is 0 Å². The predicted molar refractivity (Wildman–Crippen MR) is 96.8 cm³/mol. The van der Waals surface area contributed by atoms with E-state index < -0.39 is 0 Å². The van der Waals surface area contributed by atoms with E-state index in [9.17, 15) is 4.79 Å². The third-order valence-electron chi connectivity index (χ3n) is 4.28. The minimum Gasteiger partial charge on any atom is -0.497 e. The molecule has 5 nitrogen and oxygen atoms in total. The van der Waals surface area contributed by atoms with Gasteiger partial charge in [-0.2, -0.15) is 0 Å². The van der Waals surface area contributed by atoms with Gasteiger partial charge in [0.05, 0.1) is 7.11 Å². The molecule has 0 bridgehead atoms. The van der Waals surface area contributed by atoms with Gasteiger partial charge in [-0.05, 0) is 37.1 Å². The summed E-state index contributed by atoms with van der Waals surface area (Å²) in [6.45, 7) is 1.90. The fourth-order valence-corrected chi connectivity index (χ4v) is 2.97. The number of methoxy groups -OCH3 is 1. The maximum absolute atomic E-state index is 12.2. The summed E-state index contributed by atoms with van der Waals surface area (Å²) in [5.41, 5.74) is 1.98. The Morgan fingerprint density at radius 3 is 2.54 bits per heavy atom. The van der Waals surface area contributed by atoms with Crippen molar-refractivity contribution in [2.75, 3.05) is 30.4 Å². The lowest BCUT2D eigenvalue weighted by Crippen LogP contribution is -2.46. The Hall–Kier alpha value is -2.69. The summed E-state index contributed by atoms with van der Waals surface area (Å²) in [6.07, 6.45) is 1.89. The lowest BCUT2D eigenvalue weighted by atomic mass is 10.0. The molecule has 0 atom stereocenters. The second-order valence-corrected chi connectivity index (χ2v) is 5.93. The van der Waals surface area contributed by atoms with E-state index in [0.29, 0.717) is 0 Å². The molecule has 2 aromatic carbocycles. The number of anilines is 2. The first kappa shape index (κ1) is 16.2. The molecule has 0 saturated carbocycles. The maximum atomic E-state index is 12.2. The second-order valence-electron chi connectivity index (χ2n) is 5.93. The zero-order valence-electron chi connectivity index (χ0n) is 13.9. The van der Waals surface area contributed by atoms with E-state index in [1.54, 1.807) is 13.2 Å². The fraction of sp³-hybridized carbons (Fsp3) is 0.316. The van der Waals surface area contributed by atoms with Gasteiger partial charge in [-0.1, -0.05) is 24.3 Å². The molecule has 2 N–H and O–H groups in total. The van der Waals surface area contributed by atoms with Crippen molar-refractivity contribution in [3.63, 3.8) is 0 Å². The summed E-state index contributed by atoms with van der Waals surface area (Å²) < 4.78 is 5.16. The van der Waals surface area contributed by atoms with Crippen LogP contribution in [0.25, 0.3) is 0 Å². The summed E-state index contributed by atoms with van der Waals surface area (Å²) in [5, 5.41) is 5.92. The summed E-state index contributed by atoms with van der Waals surface area (Å²) in [5.74, 6) is 0.726. The van der Waals surface area contributed by atoms with E-state index in [2.05, 4.69) is 39.8 Å². The topological polar surface area (TPSA) is 53.6 Å². The number of carbonyl (C=O) groups excluding carboxylic acids is 1. The number of para-hydroxylation sites is 1. The SMILES string of the molecule is COc1cccc(NC(=O)NC2CCN(c3ccccc3)CC2)c1. The number of rotatable bonds is 4. The molecule has 2 amide bonds. The molecule has 0 aliphatic carbocycles. The second kappa shape index (κ2) is 7.73. The van der Waals surface area contributed by atoms with E-state index in [1.165, 1.54) is 5.69 Å². The average Bonchev–Trinajstić information content (AvgIpc) is 2.63. The molecule has 1 aliphatic heterocycles. The van der Waals surface area contributed by atoms with Crippen LogP contribution in [0.4, 0.5) is 16.2 Å². The molecular formula is C19H23N3O2. The van der Waals surface area contributed by atoms with Gasteiger partial charge < -0.3 is 20.3 Å². The van der Waals surface area contributed by atoms with Gasteiger partial charge in [-0.15, -0.1) is 0 Å². The van der Waals surface area contributed by atoms with Crippen LogP contribution < -0.4 is 20.3 Å². The van der Waals surface area contributed by atoms with Crippen LogP contribution in [0.3, 0.4) is 0 Å². The van der Waals surface area contributed by atoms with Crippen LogP contribution in [0.15, 0.2) is 54.6 Å². The quantitative estimate of drug-likeness (QED) is 0.905. The van der Waals surface area contributed by atoms with Crippen LogP contribution in [-0.4, -0.2) is 32.3 Å². The molecule has 0 unspecified atom stereocenters. The first-order valence-corrected chi connectivity index (χ1v) is 8.26. The molecule has 3 rings (SSSR count). The van der Waals surface area contributed by atoms with Gasteiger partial charge in [0.25, 0.3) is 0 Å². The Labute approximate surface area is 142 Å². The molecule has 0 aromatic heterocycles. The summed E-state index contributed by atoms with van der Waals surface area (Å²) in [7, 11) is 1.61. The average molecular weight is 325 g/mol. The van der Waals surface area contributed by atoms with Crippen molar-refractivity contribution in [3.05, 3.63) is 54.6 Å². The van der Waals surface area contributed by atoms with Gasteiger partial charge in [-0.3, -0.25) is 0 Å². The van der Waals surface area contributed by atoms with Gasteiger partial charge in [0, 0.05) is 36.6 Å². The molecule has 1 fully saturated rings. The van der Waals surface area contributed by atoms with Crippen molar-refractivity contribution in [1.82, 2.24) is 5.32 Å². The van der Waals surface area contributed by atoms with Crippen LogP contribution in [-0.2, 0) is 0 Å². The highest BCUT2D eigenvalue weighted by Crippen LogP contribution is 2.20. The number of benzene rings is 2. The molecule has 1 saturated heterocycles. The number of nitrogens with one attached hydrogen (secondary N) is 2. The zero-order chi connectivity index (χ0) is 16.8. The number of carbonyl (C=O) groups is 1. The third kappa shape index (κ3) is 4.19. The van der Waals surface area contributed by atoms with E-state index in [4.69, 9.17) is 4.74 Å². The molecular weight excluding hydrogens is 302 g/mol. The molecule has 1 aliphatic rings. The van der Waals surface area contributed by atoms with E-state index in [-0.39, 0.29) is 12.1 Å². The Balaban J connectivity index is 1.48. The minimum absolute atomic E-state index is 0.165.